The summed E-state index contributed by atoms with van der Waals surface area (Å²) in [6.07, 6.45) is 10.1. The van der Waals surface area contributed by atoms with Crippen molar-refractivity contribution in [1.82, 2.24) is 5.32 Å². The molecule has 4 heteroatoms. The van der Waals surface area contributed by atoms with Gasteiger partial charge >= 0.3 is 0 Å². The maximum atomic E-state index is 11.8. The lowest BCUT2D eigenvalue weighted by Gasteiger charge is -2.22. The van der Waals surface area contributed by atoms with Crippen LogP contribution in [0.15, 0.2) is 0 Å². The largest absolute Gasteiger partial charge is 0.392 e. The van der Waals surface area contributed by atoms with Gasteiger partial charge in [-0.3, -0.25) is 4.79 Å². The van der Waals surface area contributed by atoms with Crippen molar-refractivity contribution in [2.45, 2.75) is 70.8 Å². The quantitative estimate of drug-likeness (QED) is 0.699. The molecule has 3 N–H and O–H groups in total. The Morgan fingerprint density at radius 1 is 1.39 bits per heavy atom. The van der Waals surface area contributed by atoms with Gasteiger partial charge in [-0.2, -0.15) is 0 Å². The van der Waals surface area contributed by atoms with Crippen LogP contribution in [0.1, 0.15) is 64.7 Å². The van der Waals surface area contributed by atoms with E-state index in [-0.39, 0.29) is 11.9 Å². The van der Waals surface area contributed by atoms with E-state index in [1.165, 1.54) is 32.1 Å². The van der Waals surface area contributed by atoms with Crippen LogP contribution in [-0.4, -0.2) is 16.9 Å². The highest BCUT2D eigenvalue weighted by Gasteiger charge is 2.17. The van der Waals surface area contributed by atoms with E-state index in [0.29, 0.717) is 11.4 Å². The normalized spacial score (nSPS) is 18.3. The number of nitrogens with one attached hydrogen (secondary N) is 1. The third-order valence-corrected chi connectivity index (χ3v) is 4.04. The van der Waals surface area contributed by atoms with Crippen LogP contribution < -0.4 is 11.1 Å². The van der Waals surface area contributed by atoms with Gasteiger partial charge in [-0.25, -0.2) is 0 Å². The highest BCUT2D eigenvalue weighted by molar-refractivity contribution is 7.80. The average Bonchev–Trinajstić information content (AvgIpc) is 2.37. The monoisotopic (exact) mass is 270 g/mol. The second-order valence-corrected chi connectivity index (χ2v) is 5.83. The molecule has 104 valence electrons. The SMILES string of the molecule is CCCC(NC(=O)CCC1CCCCC1)C(N)=S. The molecule has 0 radical (unpaired) electrons. The van der Waals surface area contributed by atoms with Crippen molar-refractivity contribution in [2.75, 3.05) is 0 Å². The van der Waals surface area contributed by atoms with E-state index >= 15 is 0 Å². The molecule has 0 aliphatic heterocycles. The number of carbonyl (C=O) groups is 1. The summed E-state index contributed by atoms with van der Waals surface area (Å²) in [5, 5.41) is 2.95. The van der Waals surface area contributed by atoms with Gasteiger partial charge in [0.05, 0.1) is 11.0 Å². The van der Waals surface area contributed by atoms with Crippen molar-refractivity contribution < 1.29 is 4.79 Å². The Labute approximate surface area is 116 Å². The smallest absolute Gasteiger partial charge is 0.220 e. The molecule has 1 amide bonds. The van der Waals surface area contributed by atoms with Crippen LogP contribution in [0.4, 0.5) is 0 Å². The van der Waals surface area contributed by atoms with E-state index in [2.05, 4.69) is 12.2 Å². The lowest BCUT2D eigenvalue weighted by molar-refractivity contribution is -0.121. The van der Waals surface area contributed by atoms with Gasteiger partial charge in [0.15, 0.2) is 0 Å². The number of hydrogen-bond acceptors (Lipinski definition) is 2. The number of rotatable bonds is 7. The van der Waals surface area contributed by atoms with Crippen molar-refractivity contribution >= 4 is 23.1 Å². The van der Waals surface area contributed by atoms with Gasteiger partial charge in [-0.15, -0.1) is 0 Å². The van der Waals surface area contributed by atoms with E-state index in [1.807, 2.05) is 0 Å². The topological polar surface area (TPSA) is 55.1 Å². The second kappa shape index (κ2) is 8.46. The molecule has 1 aliphatic carbocycles. The minimum atomic E-state index is -0.121. The van der Waals surface area contributed by atoms with Gasteiger partial charge < -0.3 is 11.1 Å². The average molecular weight is 270 g/mol. The zero-order chi connectivity index (χ0) is 13.4. The Hall–Kier alpha value is -0.640. The van der Waals surface area contributed by atoms with E-state index < -0.39 is 0 Å². The van der Waals surface area contributed by atoms with Gasteiger partial charge in [0.25, 0.3) is 0 Å². The van der Waals surface area contributed by atoms with E-state index in [1.54, 1.807) is 0 Å². The molecule has 1 atom stereocenters. The van der Waals surface area contributed by atoms with E-state index in [0.717, 1.165) is 25.2 Å². The number of nitrogens with two attached hydrogens (primary N) is 1. The highest BCUT2D eigenvalue weighted by Crippen LogP contribution is 2.27. The molecule has 0 spiro atoms. The Morgan fingerprint density at radius 3 is 2.61 bits per heavy atom. The molecule has 0 aromatic rings. The van der Waals surface area contributed by atoms with Crippen LogP contribution in [0.2, 0.25) is 0 Å². The molecule has 1 fully saturated rings. The molecule has 0 aromatic heterocycles. The Morgan fingerprint density at radius 2 is 2.06 bits per heavy atom. The molecule has 1 rings (SSSR count). The molecule has 18 heavy (non-hydrogen) atoms. The molecule has 1 saturated carbocycles. The predicted octanol–water partition coefficient (Wildman–Crippen LogP) is 2.92. The fraction of sp³-hybridized carbons (Fsp3) is 0.857. The first kappa shape index (κ1) is 15.4. The van der Waals surface area contributed by atoms with Crippen LogP contribution in [0, 0.1) is 5.92 Å². The van der Waals surface area contributed by atoms with Crippen LogP contribution in [-0.2, 0) is 4.79 Å². The number of thiocarbonyl (C=S) groups is 1. The molecule has 0 saturated heterocycles. The summed E-state index contributed by atoms with van der Waals surface area (Å²) in [6, 6.07) is -0.121. The lowest BCUT2D eigenvalue weighted by atomic mass is 9.86. The van der Waals surface area contributed by atoms with E-state index in [9.17, 15) is 4.79 Å². The summed E-state index contributed by atoms with van der Waals surface area (Å²) >= 11 is 4.97. The maximum Gasteiger partial charge on any atom is 0.220 e. The van der Waals surface area contributed by atoms with Crippen molar-refractivity contribution in [1.29, 1.82) is 0 Å². The molecule has 1 unspecified atom stereocenters. The highest BCUT2D eigenvalue weighted by atomic mass is 32.1. The molecule has 0 aromatic carbocycles. The summed E-state index contributed by atoms with van der Waals surface area (Å²) in [6.45, 7) is 2.07. The third-order valence-electron chi connectivity index (χ3n) is 3.76. The summed E-state index contributed by atoms with van der Waals surface area (Å²) in [7, 11) is 0. The minimum absolute atomic E-state index is 0.104. The van der Waals surface area contributed by atoms with Crippen LogP contribution >= 0.6 is 12.2 Å². The fourth-order valence-electron chi connectivity index (χ4n) is 2.65. The Bertz CT molecular complexity index is 275. The zero-order valence-corrected chi connectivity index (χ0v) is 12.2. The second-order valence-electron chi connectivity index (χ2n) is 5.35. The number of amides is 1. The Kier molecular flexibility index (Phi) is 7.25. The molecule has 3 nitrogen and oxygen atoms in total. The van der Waals surface area contributed by atoms with Crippen LogP contribution in [0.25, 0.3) is 0 Å². The van der Waals surface area contributed by atoms with Gasteiger partial charge in [-0.1, -0.05) is 57.7 Å². The van der Waals surface area contributed by atoms with Crippen molar-refractivity contribution in [2.24, 2.45) is 11.7 Å². The summed E-state index contributed by atoms with van der Waals surface area (Å²) < 4.78 is 0. The van der Waals surface area contributed by atoms with Crippen molar-refractivity contribution in [3.8, 4) is 0 Å². The van der Waals surface area contributed by atoms with Gasteiger partial charge in [0.1, 0.15) is 0 Å². The molecular formula is C14H26N2OS. The van der Waals surface area contributed by atoms with Gasteiger partial charge in [0.2, 0.25) is 5.91 Å². The number of hydrogen-bond donors (Lipinski definition) is 2. The standard InChI is InChI=1S/C14H26N2OS/c1-2-6-12(14(15)18)16-13(17)10-9-11-7-4-3-5-8-11/h11-12H,2-10H2,1H3,(H2,15,18)(H,16,17). The van der Waals surface area contributed by atoms with Crippen LogP contribution in [0.5, 0.6) is 0 Å². The first-order valence-corrected chi connectivity index (χ1v) is 7.63. The maximum absolute atomic E-state index is 11.8. The van der Waals surface area contributed by atoms with Crippen LogP contribution in [0.3, 0.4) is 0 Å². The van der Waals surface area contributed by atoms with Gasteiger partial charge in [-0.05, 0) is 18.8 Å². The first-order chi connectivity index (χ1) is 8.63. The predicted molar refractivity (Wildman–Crippen MR) is 79.4 cm³/mol. The van der Waals surface area contributed by atoms with Crippen molar-refractivity contribution in [3.63, 3.8) is 0 Å². The molecular weight excluding hydrogens is 244 g/mol. The Balaban J connectivity index is 2.24. The lowest BCUT2D eigenvalue weighted by Crippen LogP contribution is -2.43. The van der Waals surface area contributed by atoms with Crippen molar-refractivity contribution in [3.05, 3.63) is 0 Å². The fourth-order valence-corrected chi connectivity index (χ4v) is 2.83. The molecule has 0 bridgehead atoms. The number of carbonyl (C=O) groups excluding carboxylic acids is 1. The summed E-state index contributed by atoms with van der Waals surface area (Å²) in [5.74, 6) is 0.853. The minimum Gasteiger partial charge on any atom is -0.392 e. The third kappa shape index (κ3) is 5.80. The summed E-state index contributed by atoms with van der Waals surface area (Å²) in [4.78, 5) is 12.3. The van der Waals surface area contributed by atoms with E-state index in [4.69, 9.17) is 18.0 Å². The molecule has 0 heterocycles. The molecule has 1 aliphatic rings. The first-order valence-electron chi connectivity index (χ1n) is 7.22. The van der Waals surface area contributed by atoms with Gasteiger partial charge in [0, 0.05) is 6.42 Å². The zero-order valence-electron chi connectivity index (χ0n) is 11.4. The summed E-state index contributed by atoms with van der Waals surface area (Å²) in [5.41, 5.74) is 5.63.